The van der Waals surface area contributed by atoms with E-state index in [1.165, 1.54) is 0 Å². The van der Waals surface area contributed by atoms with E-state index < -0.39 is 0 Å². The van der Waals surface area contributed by atoms with Crippen molar-refractivity contribution in [2.24, 2.45) is 0 Å². The Labute approximate surface area is 171 Å². The first kappa shape index (κ1) is 18.3. The molecule has 4 aromatic rings. The Hall–Kier alpha value is -3.05. The standard InChI is InChI=1S/C23H18BrN3O/c1-14-12-16(6-9-18-5-3-4-15(2)25-18)7-10-19(14)22-26-21-11-8-17(24)13-20(21)23(28)27-22/h3-13H,1-2H3,(H,26,27,28). The fourth-order valence-corrected chi connectivity index (χ4v) is 3.49. The third kappa shape index (κ3) is 3.80. The second-order valence-corrected chi connectivity index (χ2v) is 7.60. The maximum absolute atomic E-state index is 12.5. The second-order valence-electron chi connectivity index (χ2n) is 6.69. The van der Waals surface area contributed by atoms with Crippen LogP contribution in [-0.2, 0) is 0 Å². The van der Waals surface area contributed by atoms with Gasteiger partial charge in [0, 0.05) is 15.7 Å². The van der Waals surface area contributed by atoms with Gasteiger partial charge in [-0.15, -0.1) is 0 Å². The number of hydrogen-bond donors (Lipinski definition) is 1. The van der Waals surface area contributed by atoms with E-state index in [4.69, 9.17) is 0 Å². The van der Waals surface area contributed by atoms with Gasteiger partial charge < -0.3 is 4.98 Å². The van der Waals surface area contributed by atoms with Crippen LogP contribution in [0.25, 0.3) is 34.4 Å². The van der Waals surface area contributed by atoms with E-state index in [1.807, 2.05) is 68.5 Å². The number of aromatic amines is 1. The maximum Gasteiger partial charge on any atom is 0.259 e. The number of rotatable bonds is 3. The van der Waals surface area contributed by atoms with E-state index in [2.05, 4.69) is 36.9 Å². The van der Waals surface area contributed by atoms with Crippen LogP contribution < -0.4 is 5.56 Å². The van der Waals surface area contributed by atoms with Crippen molar-refractivity contribution >= 4 is 39.0 Å². The quantitative estimate of drug-likeness (QED) is 0.463. The van der Waals surface area contributed by atoms with Crippen LogP contribution in [-0.4, -0.2) is 15.0 Å². The van der Waals surface area contributed by atoms with Crippen LogP contribution in [0.3, 0.4) is 0 Å². The second kappa shape index (κ2) is 7.52. The topological polar surface area (TPSA) is 58.6 Å². The van der Waals surface area contributed by atoms with Gasteiger partial charge in [0.25, 0.3) is 5.56 Å². The number of nitrogens with one attached hydrogen (secondary N) is 1. The molecule has 0 atom stereocenters. The number of aryl methyl sites for hydroxylation is 2. The molecule has 0 fully saturated rings. The Bertz CT molecular complexity index is 1270. The van der Waals surface area contributed by atoms with Gasteiger partial charge in [0.15, 0.2) is 0 Å². The first-order chi connectivity index (χ1) is 13.5. The maximum atomic E-state index is 12.5. The van der Waals surface area contributed by atoms with Crippen molar-refractivity contribution in [2.75, 3.05) is 0 Å². The average Bonchev–Trinajstić information content (AvgIpc) is 2.67. The van der Waals surface area contributed by atoms with Gasteiger partial charge in [-0.3, -0.25) is 9.78 Å². The lowest BCUT2D eigenvalue weighted by atomic mass is 10.0. The van der Waals surface area contributed by atoms with E-state index in [9.17, 15) is 4.79 Å². The molecule has 0 bridgehead atoms. The van der Waals surface area contributed by atoms with E-state index in [0.29, 0.717) is 16.7 Å². The third-order valence-corrected chi connectivity index (χ3v) is 5.02. The minimum absolute atomic E-state index is 0.143. The van der Waals surface area contributed by atoms with Crippen LogP contribution in [0.1, 0.15) is 22.5 Å². The zero-order chi connectivity index (χ0) is 19.7. The number of H-pyrrole nitrogens is 1. The molecular formula is C23H18BrN3O. The van der Waals surface area contributed by atoms with E-state index in [1.54, 1.807) is 6.07 Å². The molecule has 0 saturated carbocycles. The minimum Gasteiger partial charge on any atom is -0.306 e. The number of nitrogens with zero attached hydrogens (tertiary/aromatic N) is 2. The van der Waals surface area contributed by atoms with Gasteiger partial charge in [0.1, 0.15) is 5.82 Å². The Morgan fingerprint density at radius 2 is 1.82 bits per heavy atom. The third-order valence-electron chi connectivity index (χ3n) is 4.53. The molecule has 0 amide bonds. The molecular weight excluding hydrogens is 414 g/mol. The summed E-state index contributed by atoms with van der Waals surface area (Å²) in [5, 5.41) is 0.570. The largest absolute Gasteiger partial charge is 0.306 e. The van der Waals surface area contributed by atoms with Crippen molar-refractivity contribution in [3.05, 3.63) is 91.9 Å². The smallest absolute Gasteiger partial charge is 0.259 e. The summed E-state index contributed by atoms with van der Waals surface area (Å²) < 4.78 is 0.857. The average molecular weight is 432 g/mol. The number of aromatic nitrogens is 3. The first-order valence-electron chi connectivity index (χ1n) is 8.92. The number of pyridine rings is 1. The van der Waals surface area contributed by atoms with E-state index in [-0.39, 0.29) is 5.56 Å². The normalized spacial score (nSPS) is 11.4. The van der Waals surface area contributed by atoms with Crippen molar-refractivity contribution < 1.29 is 0 Å². The molecule has 2 heterocycles. The van der Waals surface area contributed by atoms with E-state index >= 15 is 0 Å². The molecule has 5 heteroatoms. The van der Waals surface area contributed by atoms with Gasteiger partial charge in [-0.25, -0.2) is 4.98 Å². The zero-order valence-electron chi connectivity index (χ0n) is 15.5. The molecule has 0 spiro atoms. The summed E-state index contributed by atoms with van der Waals surface area (Å²) in [6.45, 7) is 4.00. The number of benzene rings is 2. The Morgan fingerprint density at radius 1 is 0.964 bits per heavy atom. The molecule has 4 rings (SSSR count). The lowest BCUT2D eigenvalue weighted by Gasteiger charge is -2.08. The molecule has 2 aromatic carbocycles. The first-order valence-corrected chi connectivity index (χ1v) is 9.71. The van der Waals surface area contributed by atoms with Gasteiger partial charge in [0.2, 0.25) is 0 Å². The van der Waals surface area contributed by atoms with E-state index in [0.717, 1.165) is 32.6 Å². The summed E-state index contributed by atoms with van der Waals surface area (Å²) >= 11 is 3.39. The molecule has 0 unspecified atom stereocenters. The molecule has 0 aliphatic rings. The highest BCUT2D eigenvalue weighted by Crippen LogP contribution is 2.23. The van der Waals surface area contributed by atoms with Crippen LogP contribution in [0.15, 0.2) is 63.9 Å². The summed E-state index contributed by atoms with van der Waals surface area (Å²) in [5.41, 5.74) is 5.47. The fraction of sp³-hybridized carbons (Fsp3) is 0.0870. The molecule has 28 heavy (non-hydrogen) atoms. The highest BCUT2D eigenvalue weighted by molar-refractivity contribution is 9.10. The SMILES string of the molecule is Cc1cccc(C=Cc2ccc(-c3nc4ccc(Br)cc4c(=O)[nH]3)c(C)c2)n1. The highest BCUT2D eigenvalue weighted by atomic mass is 79.9. The van der Waals surface area contributed by atoms with Gasteiger partial charge in [-0.05, 0) is 61.4 Å². The van der Waals surface area contributed by atoms with Crippen molar-refractivity contribution in [2.45, 2.75) is 13.8 Å². The van der Waals surface area contributed by atoms with Gasteiger partial charge >= 0.3 is 0 Å². The zero-order valence-corrected chi connectivity index (χ0v) is 17.1. The molecule has 0 radical (unpaired) electrons. The Kier molecular flexibility index (Phi) is 4.92. The van der Waals surface area contributed by atoms with Gasteiger partial charge in [-0.2, -0.15) is 0 Å². The molecule has 0 aliphatic heterocycles. The molecule has 4 nitrogen and oxygen atoms in total. The summed E-state index contributed by atoms with van der Waals surface area (Å²) in [6, 6.07) is 17.5. The van der Waals surface area contributed by atoms with Crippen molar-refractivity contribution in [1.29, 1.82) is 0 Å². The fourth-order valence-electron chi connectivity index (χ4n) is 3.13. The van der Waals surface area contributed by atoms with Crippen LogP contribution in [0.2, 0.25) is 0 Å². The molecule has 138 valence electrons. The van der Waals surface area contributed by atoms with Crippen LogP contribution >= 0.6 is 15.9 Å². The van der Waals surface area contributed by atoms with Gasteiger partial charge in [0.05, 0.1) is 16.6 Å². The van der Waals surface area contributed by atoms with Gasteiger partial charge in [-0.1, -0.05) is 46.3 Å². The Balaban J connectivity index is 1.69. The van der Waals surface area contributed by atoms with Crippen LogP contribution in [0, 0.1) is 13.8 Å². The predicted octanol–water partition coefficient (Wildman–Crippen LogP) is 5.53. The number of halogens is 1. The summed E-state index contributed by atoms with van der Waals surface area (Å²) in [6.07, 6.45) is 4.03. The van der Waals surface area contributed by atoms with Crippen molar-refractivity contribution in [3.8, 4) is 11.4 Å². The molecule has 2 aromatic heterocycles. The minimum atomic E-state index is -0.143. The monoisotopic (exact) mass is 431 g/mol. The summed E-state index contributed by atoms with van der Waals surface area (Å²) in [7, 11) is 0. The molecule has 1 N–H and O–H groups in total. The summed E-state index contributed by atoms with van der Waals surface area (Å²) in [5.74, 6) is 0.577. The van der Waals surface area contributed by atoms with Crippen molar-refractivity contribution in [1.82, 2.24) is 15.0 Å². The van der Waals surface area contributed by atoms with Crippen molar-refractivity contribution in [3.63, 3.8) is 0 Å². The molecule has 0 aliphatic carbocycles. The number of fused-ring (bicyclic) bond motifs is 1. The molecule has 0 saturated heterocycles. The lowest BCUT2D eigenvalue weighted by molar-refractivity contribution is 1.17. The summed E-state index contributed by atoms with van der Waals surface area (Å²) in [4.78, 5) is 24.5. The predicted molar refractivity (Wildman–Crippen MR) is 118 cm³/mol. The Morgan fingerprint density at radius 3 is 2.61 bits per heavy atom. The van der Waals surface area contributed by atoms with Crippen LogP contribution in [0.5, 0.6) is 0 Å². The lowest BCUT2D eigenvalue weighted by Crippen LogP contribution is -2.10. The number of hydrogen-bond acceptors (Lipinski definition) is 3. The highest BCUT2D eigenvalue weighted by Gasteiger charge is 2.09. The van der Waals surface area contributed by atoms with Crippen LogP contribution in [0.4, 0.5) is 0 Å².